The van der Waals surface area contributed by atoms with Gasteiger partial charge < -0.3 is 0 Å². The summed E-state index contributed by atoms with van der Waals surface area (Å²) in [5.41, 5.74) is 2.29. The van der Waals surface area contributed by atoms with Crippen LogP contribution < -0.4 is 0 Å². The Kier molecular flexibility index (Phi) is 7.84. The molecule has 130 valence electrons. The molecule has 1 aromatic rings. The SMILES string of the molecule is CCCCCCSc1nc(C)cc(CN2[C@H](C)CCC[C@@H]2C)n1. The first kappa shape index (κ1) is 18.7. The average molecular weight is 336 g/mol. The molecule has 2 heterocycles. The lowest BCUT2D eigenvalue weighted by atomic mass is 9.97. The lowest BCUT2D eigenvalue weighted by molar-refractivity contribution is 0.0935. The zero-order chi connectivity index (χ0) is 16.7. The van der Waals surface area contributed by atoms with Crippen molar-refractivity contribution in [1.29, 1.82) is 0 Å². The van der Waals surface area contributed by atoms with Gasteiger partial charge in [-0.2, -0.15) is 0 Å². The Labute approximate surface area is 146 Å². The maximum absolute atomic E-state index is 4.82. The number of aryl methyl sites for hydroxylation is 1. The molecule has 0 saturated carbocycles. The molecular formula is C19H33N3S. The molecule has 3 nitrogen and oxygen atoms in total. The van der Waals surface area contributed by atoms with Gasteiger partial charge in [0.15, 0.2) is 5.16 Å². The van der Waals surface area contributed by atoms with Crippen LogP contribution in [0.1, 0.15) is 77.1 Å². The van der Waals surface area contributed by atoms with Crippen molar-refractivity contribution in [2.75, 3.05) is 5.75 Å². The largest absolute Gasteiger partial charge is 0.292 e. The van der Waals surface area contributed by atoms with Crippen molar-refractivity contribution in [2.45, 2.75) is 96.4 Å². The average Bonchev–Trinajstić information content (AvgIpc) is 2.50. The Balaban J connectivity index is 1.93. The third kappa shape index (κ3) is 6.07. The Morgan fingerprint density at radius 2 is 1.87 bits per heavy atom. The van der Waals surface area contributed by atoms with Crippen LogP contribution in [0.5, 0.6) is 0 Å². The minimum Gasteiger partial charge on any atom is -0.292 e. The number of hydrogen-bond acceptors (Lipinski definition) is 4. The number of piperidine rings is 1. The Morgan fingerprint density at radius 1 is 1.13 bits per heavy atom. The quantitative estimate of drug-likeness (QED) is 0.370. The third-order valence-electron chi connectivity index (χ3n) is 4.84. The number of hydrogen-bond donors (Lipinski definition) is 0. The molecule has 0 spiro atoms. The van der Waals surface area contributed by atoms with Crippen LogP contribution in [-0.2, 0) is 6.54 Å². The molecule has 1 aliphatic rings. The van der Waals surface area contributed by atoms with E-state index in [1.54, 1.807) is 0 Å². The van der Waals surface area contributed by atoms with Crippen molar-refractivity contribution in [1.82, 2.24) is 14.9 Å². The number of nitrogens with zero attached hydrogens (tertiary/aromatic N) is 3. The van der Waals surface area contributed by atoms with Crippen molar-refractivity contribution in [3.05, 3.63) is 17.5 Å². The molecule has 0 amide bonds. The molecule has 0 N–H and O–H groups in total. The van der Waals surface area contributed by atoms with Crippen LogP contribution in [0.15, 0.2) is 11.2 Å². The first-order valence-electron chi connectivity index (χ1n) is 9.33. The van der Waals surface area contributed by atoms with Crippen LogP contribution in [0, 0.1) is 6.92 Å². The number of likely N-dealkylation sites (tertiary alicyclic amines) is 1. The highest BCUT2D eigenvalue weighted by molar-refractivity contribution is 7.99. The van der Waals surface area contributed by atoms with Gasteiger partial charge in [0.1, 0.15) is 0 Å². The molecular weight excluding hydrogens is 302 g/mol. The van der Waals surface area contributed by atoms with Crippen molar-refractivity contribution in [2.24, 2.45) is 0 Å². The van der Waals surface area contributed by atoms with Crippen molar-refractivity contribution in [3.63, 3.8) is 0 Å². The molecule has 23 heavy (non-hydrogen) atoms. The summed E-state index contributed by atoms with van der Waals surface area (Å²) in [7, 11) is 0. The lowest BCUT2D eigenvalue weighted by Crippen LogP contribution is -2.43. The number of rotatable bonds is 8. The van der Waals surface area contributed by atoms with Gasteiger partial charge in [-0.05, 0) is 46.1 Å². The molecule has 2 rings (SSSR count). The van der Waals surface area contributed by atoms with E-state index in [-0.39, 0.29) is 0 Å². The highest BCUT2D eigenvalue weighted by Gasteiger charge is 2.25. The number of aromatic nitrogens is 2. The van der Waals surface area contributed by atoms with E-state index in [0.717, 1.165) is 23.1 Å². The van der Waals surface area contributed by atoms with E-state index < -0.39 is 0 Å². The van der Waals surface area contributed by atoms with Gasteiger partial charge in [-0.15, -0.1) is 0 Å². The van der Waals surface area contributed by atoms with Crippen molar-refractivity contribution < 1.29 is 0 Å². The molecule has 0 aliphatic carbocycles. The molecule has 0 radical (unpaired) electrons. The molecule has 0 aromatic carbocycles. The molecule has 4 heteroatoms. The summed E-state index contributed by atoms with van der Waals surface area (Å²) in [4.78, 5) is 12.1. The van der Waals surface area contributed by atoms with Gasteiger partial charge in [0.2, 0.25) is 0 Å². The molecule has 1 aromatic heterocycles. The van der Waals surface area contributed by atoms with Gasteiger partial charge in [-0.1, -0.05) is 44.4 Å². The fraction of sp³-hybridized carbons (Fsp3) is 0.789. The summed E-state index contributed by atoms with van der Waals surface area (Å²) < 4.78 is 0. The van der Waals surface area contributed by atoms with Crippen molar-refractivity contribution >= 4 is 11.8 Å². The summed E-state index contributed by atoms with van der Waals surface area (Å²) in [6.45, 7) is 10.0. The highest BCUT2D eigenvalue weighted by Crippen LogP contribution is 2.25. The topological polar surface area (TPSA) is 29.0 Å². The van der Waals surface area contributed by atoms with Gasteiger partial charge in [0.05, 0.1) is 5.69 Å². The zero-order valence-corrected chi connectivity index (χ0v) is 16.2. The second-order valence-electron chi connectivity index (χ2n) is 6.99. The first-order chi connectivity index (χ1) is 11.1. The van der Waals surface area contributed by atoms with Crippen LogP contribution >= 0.6 is 11.8 Å². The number of thioether (sulfide) groups is 1. The van der Waals surface area contributed by atoms with Crippen LogP contribution in [0.2, 0.25) is 0 Å². The van der Waals surface area contributed by atoms with Gasteiger partial charge >= 0.3 is 0 Å². The van der Waals surface area contributed by atoms with E-state index in [1.807, 2.05) is 11.8 Å². The van der Waals surface area contributed by atoms with Crippen LogP contribution in [-0.4, -0.2) is 32.7 Å². The van der Waals surface area contributed by atoms with E-state index in [4.69, 9.17) is 4.98 Å². The second-order valence-corrected chi connectivity index (χ2v) is 8.06. The molecule has 1 aliphatic heterocycles. The van der Waals surface area contributed by atoms with E-state index >= 15 is 0 Å². The smallest absolute Gasteiger partial charge is 0.188 e. The minimum absolute atomic E-state index is 0.666. The maximum atomic E-state index is 4.82. The van der Waals surface area contributed by atoms with Gasteiger partial charge in [-0.3, -0.25) is 4.90 Å². The normalized spacial score (nSPS) is 22.4. The summed E-state index contributed by atoms with van der Waals surface area (Å²) in [5.74, 6) is 1.14. The summed E-state index contributed by atoms with van der Waals surface area (Å²) in [6.07, 6.45) is 9.21. The zero-order valence-electron chi connectivity index (χ0n) is 15.3. The molecule has 1 saturated heterocycles. The van der Waals surface area contributed by atoms with Crippen LogP contribution in [0.4, 0.5) is 0 Å². The van der Waals surface area contributed by atoms with E-state index in [9.17, 15) is 0 Å². The number of unbranched alkanes of at least 4 members (excludes halogenated alkanes) is 3. The van der Waals surface area contributed by atoms with E-state index in [0.29, 0.717) is 12.1 Å². The van der Waals surface area contributed by atoms with Crippen LogP contribution in [0.25, 0.3) is 0 Å². The third-order valence-corrected chi connectivity index (χ3v) is 5.77. The van der Waals surface area contributed by atoms with Gasteiger partial charge in [0, 0.05) is 30.1 Å². The Hall–Kier alpha value is -0.610. The Bertz CT molecular complexity index is 468. The summed E-state index contributed by atoms with van der Waals surface area (Å²) >= 11 is 1.82. The fourth-order valence-corrected chi connectivity index (χ4v) is 4.34. The maximum Gasteiger partial charge on any atom is 0.188 e. The second kappa shape index (κ2) is 9.63. The summed E-state index contributed by atoms with van der Waals surface area (Å²) in [5, 5.41) is 0.966. The lowest BCUT2D eigenvalue weighted by Gasteiger charge is -2.38. The monoisotopic (exact) mass is 335 g/mol. The van der Waals surface area contributed by atoms with Crippen molar-refractivity contribution in [3.8, 4) is 0 Å². The molecule has 1 fully saturated rings. The fourth-order valence-electron chi connectivity index (χ4n) is 3.42. The minimum atomic E-state index is 0.666. The highest BCUT2D eigenvalue weighted by atomic mass is 32.2. The predicted octanol–water partition coefficient (Wildman–Crippen LogP) is 5.22. The van der Waals surface area contributed by atoms with Gasteiger partial charge in [-0.25, -0.2) is 9.97 Å². The Morgan fingerprint density at radius 3 is 2.57 bits per heavy atom. The molecule has 0 bridgehead atoms. The van der Waals surface area contributed by atoms with Crippen LogP contribution in [0.3, 0.4) is 0 Å². The molecule has 0 unspecified atom stereocenters. The van der Waals surface area contributed by atoms with Gasteiger partial charge in [0.25, 0.3) is 0 Å². The summed E-state index contributed by atoms with van der Waals surface area (Å²) in [6, 6.07) is 3.49. The van der Waals surface area contributed by atoms with E-state index in [2.05, 4.69) is 43.6 Å². The molecule has 2 atom stereocenters. The van der Waals surface area contributed by atoms with E-state index in [1.165, 1.54) is 50.6 Å². The predicted molar refractivity (Wildman–Crippen MR) is 100.0 cm³/mol. The standard InChI is InChI=1S/C19H33N3S/c1-5-6-7-8-12-23-19-20-15(2)13-18(21-19)14-22-16(3)10-9-11-17(22)4/h13,16-17H,5-12,14H2,1-4H3/t16-,17+. The first-order valence-corrected chi connectivity index (χ1v) is 10.3.